The fraction of sp³-hybridized carbons (Fsp3) is 0.105. The number of hydrogen-bond donors (Lipinski definition) is 1. The van der Waals surface area contributed by atoms with Crippen molar-refractivity contribution < 1.29 is 4.79 Å². The number of carbonyl (C=O) groups is 1. The second kappa shape index (κ2) is 7.77. The Morgan fingerprint density at radius 1 is 1.00 bits per heavy atom. The molecule has 0 atom stereocenters. The molecule has 1 heterocycles. The summed E-state index contributed by atoms with van der Waals surface area (Å²) in [7, 11) is 0. The largest absolute Gasteiger partial charge is 0.347 e. The van der Waals surface area contributed by atoms with Gasteiger partial charge in [-0.2, -0.15) is 5.10 Å². The van der Waals surface area contributed by atoms with E-state index < -0.39 is 0 Å². The lowest BCUT2D eigenvalue weighted by molar-refractivity contribution is 0.0943. The van der Waals surface area contributed by atoms with Crippen molar-refractivity contribution in [3.05, 3.63) is 98.9 Å². The van der Waals surface area contributed by atoms with Gasteiger partial charge >= 0.3 is 0 Å². The Morgan fingerprint density at radius 3 is 2.52 bits per heavy atom. The summed E-state index contributed by atoms with van der Waals surface area (Å²) in [6.07, 6.45) is 0. The van der Waals surface area contributed by atoms with Crippen molar-refractivity contribution in [2.24, 2.45) is 0 Å². The van der Waals surface area contributed by atoms with Crippen LogP contribution in [0.3, 0.4) is 0 Å². The molecule has 0 spiro atoms. The zero-order chi connectivity index (χ0) is 17.6. The van der Waals surface area contributed by atoms with Gasteiger partial charge in [-0.25, -0.2) is 4.68 Å². The fourth-order valence-electron chi connectivity index (χ4n) is 2.36. The summed E-state index contributed by atoms with van der Waals surface area (Å²) >= 11 is 5.93. The summed E-state index contributed by atoms with van der Waals surface area (Å²) in [5.41, 5.74) is 1.76. The first kappa shape index (κ1) is 16.9. The van der Waals surface area contributed by atoms with Crippen molar-refractivity contribution in [1.29, 1.82) is 0 Å². The van der Waals surface area contributed by atoms with Gasteiger partial charge in [-0.1, -0.05) is 54.1 Å². The average Bonchev–Trinajstić information content (AvgIpc) is 2.62. The normalized spacial score (nSPS) is 10.4. The Bertz CT molecular complexity index is 939. The minimum atomic E-state index is -0.346. The summed E-state index contributed by atoms with van der Waals surface area (Å²) in [6, 6.07) is 19.5. The molecule has 3 rings (SSSR count). The van der Waals surface area contributed by atoms with Crippen LogP contribution in [-0.4, -0.2) is 15.7 Å². The molecule has 0 unspecified atom stereocenters. The Balaban J connectivity index is 1.72. The number of hydrogen-bond acceptors (Lipinski definition) is 3. The molecule has 0 aliphatic carbocycles. The van der Waals surface area contributed by atoms with Gasteiger partial charge in [-0.05, 0) is 29.3 Å². The molecule has 0 bridgehead atoms. The Labute approximate surface area is 149 Å². The first-order chi connectivity index (χ1) is 12.1. The summed E-state index contributed by atoms with van der Waals surface area (Å²) in [4.78, 5) is 24.3. The molecule has 5 nitrogen and oxygen atoms in total. The van der Waals surface area contributed by atoms with Crippen molar-refractivity contribution in [3.8, 4) is 0 Å². The second-order valence-corrected chi connectivity index (χ2v) is 5.95. The number of nitrogens with zero attached hydrogens (tertiary/aromatic N) is 2. The standard InChI is InChI=1S/C19H16ClN3O2/c20-16-8-4-7-15(11-16)12-21-19(25)17-9-10-18(24)23(22-17)13-14-5-2-1-3-6-14/h1-11H,12-13H2,(H,21,25). The second-order valence-electron chi connectivity index (χ2n) is 5.51. The van der Waals surface area contributed by atoms with Crippen molar-refractivity contribution in [2.45, 2.75) is 13.1 Å². The van der Waals surface area contributed by atoms with Crippen LogP contribution in [0.15, 0.2) is 71.5 Å². The smallest absolute Gasteiger partial charge is 0.271 e. The van der Waals surface area contributed by atoms with Gasteiger partial charge in [0.1, 0.15) is 5.69 Å². The predicted octanol–water partition coefficient (Wildman–Crippen LogP) is 2.88. The molecule has 0 aliphatic rings. The van der Waals surface area contributed by atoms with Crippen LogP contribution in [0, 0.1) is 0 Å². The molecule has 0 fully saturated rings. The molecular formula is C19H16ClN3O2. The van der Waals surface area contributed by atoms with E-state index in [2.05, 4.69) is 10.4 Å². The highest BCUT2D eigenvalue weighted by molar-refractivity contribution is 6.30. The minimum Gasteiger partial charge on any atom is -0.347 e. The Hall–Kier alpha value is -2.92. The lowest BCUT2D eigenvalue weighted by atomic mass is 10.2. The SMILES string of the molecule is O=C(NCc1cccc(Cl)c1)c1ccc(=O)n(Cc2ccccc2)n1. The van der Waals surface area contributed by atoms with Crippen LogP contribution in [0.2, 0.25) is 5.02 Å². The molecule has 1 aromatic heterocycles. The first-order valence-electron chi connectivity index (χ1n) is 7.76. The molecule has 0 radical (unpaired) electrons. The van der Waals surface area contributed by atoms with E-state index in [4.69, 9.17) is 11.6 Å². The maximum absolute atomic E-state index is 12.3. The number of carbonyl (C=O) groups excluding carboxylic acids is 1. The maximum Gasteiger partial charge on any atom is 0.271 e. The molecule has 0 saturated heterocycles. The zero-order valence-corrected chi connectivity index (χ0v) is 14.1. The monoisotopic (exact) mass is 353 g/mol. The van der Waals surface area contributed by atoms with E-state index in [9.17, 15) is 9.59 Å². The topological polar surface area (TPSA) is 64.0 Å². The molecule has 3 aromatic rings. The van der Waals surface area contributed by atoms with E-state index in [1.54, 1.807) is 12.1 Å². The van der Waals surface area contributed by atoms with E-state index in [0.29, 0.717) is 18.1 Å². The van der Waals surface area contributed by atoms with Gasteiger partial charge in [0, 0.05) is 17.6 Å². The number of benzene rings is 2. The number of aromatic nitrogens is 2. The summed E-state index contributed by atoms with van der Waals surface area (Å²) in [5.74, 6) is -0.346. The third-order valence-electron chi connectivity index (χ3n) is 3.62. The van der Waals surface area contributed by atoms with E-state index in [1.807, 2.05) is 42.5 Å². The van der Waals surface area contributed by atoms with Gasteiger partial charge < -0.3 is 5.32 Å². The molecule has 1 amide bonds. The molecule has 2 aromatic carbocycles. The number of halogens is 1. The predicted molar refractivity (Wildman–Crippen MR) is 96.7 cm³/mol. The summed E-state index contributed by atoms with van der Waals surface area (Å²) < 4.78 is 1.28. The first-order valence-corrected chi connectivity index (χ1v) is 8.14. The molecule has 0 saturated carbocycles. The number of nitrogens with one attached hydrogen (secondary N) is 1. The number of rotatable bonds is 5. The van der Waals surface area contributed by atoms with Crippen molar-refractivity contribution >= 4 is 17.5 Å². The molecule has 1 N–H and O–H groups in total. The Kier molecular flexibility index (Phi) is 5.26. The highest BCUT2D eigenvalue weighted by Gasteiger charge is 2.10. The van der Waals surface area contributed by atoms with Crippen molar-refractivity contribution in [2.75, 3.05) is 0 Å². The zero-order valence-electron chi connectivity index (χ0n) is 13.4. The highest BCUT2D eigenvalue weighted by atomic mass is 35.5. The molecular weight excluding hydrogens is 338 g/mol. The third-order valence-corrected chi connectivity index (χ3v) is 3.85. The minimum absolute atomic E-state index is 0.192. The maximum atomic E-state index is 12.3. The van der Waals surface area contributed by atoms with Crippen molar-refractivity contribution in [3.63, 3.8) is 0 Å². The van der Waals surface area contributed by atoms with E-state index in [-0.39, 0.29) is 17.2 Å². The van der Waals surface area contributed by atoms with E-state index >= 15 is 0 Å². The quantitative estimate of drug-likeness (QED) is 0.767. The van der Waals surface area contributed by atoms with Crippen LogP contribution in [0.4, 0.5) is 0 Å². The third kappa shape index (κ3) is 4.55. The Morgan fingerprint density at radius 2 is 1.76 bits per heavy atom. The van der Waals surface area contributed by atoms with Crippen LogP contribution in [-0.2, 0) is 13.1 Å². The van der Waals surface area contributed by atoms with Gasteiger partial charge in [0.25, 0.3) is 11.5 Å². The van der Waals surface area contributed by atoms with Crippen LogP contribution in [0.1, 0.15) is 21.6 Å². The van der Waals surface area contributed by atoms with Gasteiger partial charge in [0.15, 0.2) is 0 Å². The van der Waals surface area contributed by atoms with Gasteiger partial charge in [-0.15, -0.1) is 0 Å². The van der Waals surface area contributed by atoms with Gasteiger partial charge in [0.2, 0.25) is 0 Å². The van der Waals surface area contributed by atoms with E-state index in [1.165, 1.54) is 16.8 Å². The molecule has 6 heteroatoms. The van der Waals surface area contributed by atoms with Crippen LogP contribution < -0.4 is 10.9 Å². The van der Waals surface area contributed by atoms with Crippen molar-refractivity contribution in [1.82, 2.24) is 15.1 Å². The highest BCUT2D eigenvalue weighted by Crippen LogP contribution is 2.10. The molecule has 25 heavy (non-hydrogen) atoms. The summed E-state index contributed by atoms with van der Waals surface area (Å²) in [6.45, 7) is 0.647. The van der Waals surface area contributed by atoms with Gasteiger partial charge in [0.05, 0.1) is 6.54 Å². The van der Waals surface area contributed by atoms with Gasteiger partial charge in [-0.3, -0.25) is 9.59 Å². The fourth-order valence-corrected chi connectivity index (χ4v) is 2.57. The van der Waals surface area contributed by atoms with Crippen LogP contribution in [0.25, 0.3) is 0 Å². The summed E-state index contributed by atoms with van der Waals surface area (Å²) in [5, 5.41) is 7.55. The lowest BCUT2D eigenvalue weighted by Crippen LogP contribution is -2.29. The average molecular weight is 354 g/mol. The molecule has 0 aliphatic heterocycles. The lowest BCUT2D eigenvalue weighted by Gasteiger charge is -2.08. The number of amides is 1. The van der Waals surface area contributed by atoms with Crippen LogP contribution in [0.5, 0.6) is 0 Å². The van der Waals surface area contributed by atoms with E-state index in [0.717, 1.165) is 11.1 Å². The van der Waals surface area contributed by atoms with Crippen LogP contribution >= 0.6 is 11.6 Å². The molecule has 126 valence electrons.